The van der Waals surface area contributed by atoms with E-state index in [9.17, 15) is 0 Å². The number of nitrogens with two attached hydrogens (primary N) is 1. The largest absolute Gasteiger partial charge is 0.375 e. The highest BCUT2D eigenvalue weighted by Crippen LogP contribution is 2.40. The van der Waals surface area contributed by atoms with Crippen molar-refractivity contribution in [3.63, 3.8) is 0 Å². The average Bonchev–Trinajstić information content (AvgIpc) is 2.93. The SMILES string of the molecule is NC(Cc1nccs1)C1CC2CCC1O2. The van der Waals surface area contributed by atoms with E-state index in [1.54, 1.807) is 11.3 Å². The van der Waals surface area contributed by atoms with E-state index in [0.717, 1.165) is 17.8 Å². The zero-order chi connectivity index (χ0) is 10.3. The van der Waals surface area contributed by atoms with Crippen molar-refractivity contribution in [1.82, 2.24) is 4.98 Å². The summed E-state index contributed by atoms with van der Waals surface area (Å²) >= 11 is 1.70. The lowest BCUT2D eigenvalue weighted by Gasteiger charge is -2.24. The van der Waals surface area contributed by atoms with Gasteiger partial charge in [0, 0.05) is 30.0 Å². The predicted octanol–water partition coefficient (Wildman–Crippen LogP) is 1.58. The fourth-order valence-electron chi connectivity index (χ4n) is 2.83. The maximum absolute atomic E-state index is 6.24. The van der Waals surface area contributed by atoms with Crippen molar-refractivity contribution in [2.24, 2.45) is 11.7 Å². The molecular weight excluding hydrogens is 208 g/mol. The molecule has 2 saturated heterocycles. The Labute approximate surface area is 93.7 Å². The summed E-state index contributed by atoms with van der Waals surface area (Å²) in [7, 11) is 0. The van der Waals surface area contributed by atoms with E-state index in [2.05, 4.69) is 4.98 Å². The second-order valence-electron chi connectivity index (χ2n) is 4.57. The quantitative estimate of drug-likeness (QED) is 0.848. The van der Waals surface area contributed by atoms with Gasteiger partial charge in [0.15, 0.2) is 0 Å². The van der Waals surface area contributed by atoms with Gasteiger partial charge in [-0.2, -0.15) is 0 Å². The van der Waals surface area contributed by atoms with Gasteiger partial charge in [0.1, 0.15) is 0 Å². The Bertz CT molecular complexity index is 327. The average molecular weight is 224 g/mol. The van der Waals surface area contributed by atoms with Crippen LogP contribution in [-0.2, 0) is 11.2 Å². The van der Waals surface area contributed by atoms with Gasteiger partial charge >= 0.3 is 0 Å². The molecule has 3 nitrogen and oxygen atoms in total. The van der Waals surface area contributed by atoms with Crippen molar-refractivity contribution in [1.29, 1.82) is 0 Å². The number of ether oxygens (including phenoxy) is 1. The number of fused-ring (bicyclic) bond motifs is 2. The Morgan fingerprint density at radius 3 is 3.13 bits per heavy atom. The first-order valence-corrected chi connectivity index (χ1v) is 6.50. The first-order chi connectivity index (χ1) is 7.33. The van der Waals surface area contributed by atoms with Gasteiger partial charge in [0.2, 0.25) is 0 Å². The summed E-state index contributed by atoms with van der Waals surface area (Å²) in [6.45, 7) is 0. The Morgan fingerprint density at radius 2 is 2.53 bits per heavy atom. The van der Waals surface area contributed by atoms with Crippen LogP contribution in [0.2, 0.25) is 0 Å². The molecule has 3 rings (SSSR count). The molecule has 0 spiro atoms. The maximum Gasteiger partial charge on any atom is 0.0940 e. The summed E-state index contributed by atoms with van der Waals surface area (Å²) < 4.78 is 5.83. The molecule has 3 heterocycles. The molecule has 1 aromatic rings. The molecule has 0 aromatic carbocycles. The van der Waals surface area contributed by atoms with Crippen molar-refractivity contribution in [3.8, 4) is 0 Å². The summed E-state index contributed by atoms with van der Waals surface area (Å²) in [6, 6.07) is 0.228. The first kappa shape index (κ1) is 9.75. The summed E-state index contributed by atoms with van der Waals surface area (Å²) in [5.41, 5.74) is 6.24. The molecule has 0 radical (unpaired) electrons. The second kappa shape index (κ2) is 3.85. The van der Waals surface area contributed by atoms with Crippen LogP contribution in [0, 0.1) is 5.92 Å². The number of rotatable bonds is 3. The summed E-state index contributed by atoms with van der Waals surface area (Å²) in [5.74, 6) is 0.563. The second-order valence-corrected chi connectivity index (χ2v) is 5.55. The number of hydrogen-bond acceptors (Lipinski definition) is 4. The summed E-state index contributed by atoms with van der Waals surface area (Å²) in [4.78, 5) is 4.29. The number of hydrogen-bond donors (Lipinski definition) is 1. The van der Waals surface area contributed by atoms with Crippen molar-refractivity contribution in [2.75, 3.05) is 0 Å². The Hall–Kier alpha value is -0.450. The van der Waals surface area contributed by atoms with Crippen LogP contribution < -0.4 is 5.73 Å². The molecule has 4 unspecified atom stereocenters. The van der Waals surface area contributed by atoms with Gasteiger partial charge in [0.25, 0.3) is 0 Å². The zero-order valence-corrected chi connectivity index (χ0v) is 9.45. The molecular formula is C11H16N2OS. The highest BCUT2D eigenvalue weighted by atomic mass is 32.1. The summed E-state index contributed by atoms with van der Waals surface area (Å²) in [6.07, 6.45) is 7.31. The van der Waals surface area contributed by atoms with Gasteiger partial charge < -0.3 is 10.5 Å². The van der Waals surface area contributed by atoms with E-state index in [-0.39, 0.29) is 6.04 Å². The molecule has 0 aliphatic carbocycles. The minimum atomic E-state index is 0.228. The molecule has 4 atom stereocenters. The number of thiazole rings is 1. The van der Waals surface area contributed by atoms with Crippen LogP contribution in [0.3, 0.4) is 0 Å². The molecule has 0 saturated carbocycles. The Kier molecular flexibility index (Phi) is 2.50. The van der Waals surface area contributed by atoms with Gasteiger partial charge in [-0.05, 0) is 19.3 Å². The minimum Gasteiger partial charge on any atom is -0.375 e. The standard InChI is InChI=1S/C11H16N2OS/c12-9(6-11-13-3-4-15-11)8-5-7-1-2-10(8)14-7/h3-4,7-10H,1-2,5-6,12H2. The highest BCUT2D eigenvalue weighted by Gasteiger charge is 2.43. The van der Waals surface area contributed by atoms with Gasteiger partial charge in [0.05, 0.1) is 17.2 Å². The molecule has 2 N–H and O–H groups in total. The highest BCUT2D eigenvalue weighted by molar-refractivity contribution is 7.09. The Balaban J connectivity index is 1.63. The van der Waals surface area contributed by atoms with Crippen LogP contribution in [0.5, 0.6) is 0 Å². The fraction of sp³-hybridized carbons (Fsp3) is 0.727. The lowest BCUT2D eigenvalue weighted by Crippen LogP contribution is -2.37. The van der Waals surface area contributed by atoms with Crippen LogP contribution in [0.1, 0.15) is 24.3 Å². The van der Waals surface area contributed by atoms with Gasteiger partial charge in [-0.15, -0.1) is 11.3 Å². The van der Waals surface area contributed by atoms with Crippen molar-refractivity contribution in [3.05, 3.63) is 16.6 Å². The maximum atomic E-state index is 6.24. The van der Waals surface area contributed by atoms with Gasteiger partial charge in [-0.25, -0.2) is 4.98 Å². The Morgan fingerprint density at radius 1 is 1.60 bits per heavy atom. The predicted molar refractivity (Wildman–Crippen MR) is 59.8 cm³/mol. The number of nitrogens with zero attached hydrogens (tertiary/aromatic N) is 1. The van der Waals surface area contributed by atoms with Gasteiger partial charge in [-0.1, -0.05) is 0 Å². The lowest BCUT2D eigenvalue weighted by atomic mass is 9.83. The van der Waals surface area contributed by atoms with Crippen molar-refractivity contribution in [2.45, 2.75) is 43.9 Å². The number of aromatic nitrogens is 1. The summed E-state index contributed by atoms with van der Waals surface area (Å²) in [5, 5.41) is 3.17. The van der Waals surface area contributed by atoms with E-state index < -0.39 is 0 Å². The van der Waals surface area contributed by atoms with E-state index in [0.29, 0.717) is 18.1 Å². The smallest absolute Gasteiger partial charge is 0.0940 e. The van der Waals surface area contributed by atoms with Crippen LogP contribution >= 0.6 is 11.3 Å². The molecule has 2 aliphatic rings. The third-order valence-electron chi connectivity index (χ3n) is 3.60. The van der Waals surface area contributed by atoms with E-state index in [1.165, 1.54) is 12.8 Å². The lowest BCUT2D eigenvalue weighted by molar-refractivity contribution is 0.0885. The topological polar surface area (TPSA) is 48.1 Å². The molecule has 2 fully saturated rings. The van der Waals surface area contributed by atoms with Gasteiger partial charge in [-0.3, -0.25) is 0 Å². The molecule has 1 aromatic heterocycles. The molecule has 82 valence electrons. The van der Waals surface area contributed by atoms with E-state index in [4.69, 9.17) is 10.5 Å². The minimum absolute atomic E-state index is 0.228. The van der Waals surface area contributed by atoms with Crippen LogP contribution in [0.25, 0.3) is 0 Å². The van der Waals surface area contributed by atoms with Crippen LogP contribution in [0.15, 0.2) is 11.6 Å². The zero-order valence-electron chi connectivity index (χ0n) is 8.63. The molecule has 15 heavy (non-hydrogen) atoms. The molecule has 0 amide bonds. The van der Waals surface area contributed by atoms with Crippen LogP contribution in [-0.4, -0.2) is 23.2 Å². The molecule has 2 bridgehead atoms. The van der Waals surface area contributed by atoms with Crippen LogP contribution in [0.4, 0.5) is 0 Å². The van der Waals surface area contributed by atoms with Crippen molar-refractivity contribution < 1.29 is 4.74 Å². The normalized spacial score (nSPS) is 35.9. The first-order valence-electron chi connectivity index (χ1n) is 5.62. The van der Waals surface area contributed by atoms with Crippen molar-refractivity contribution >= 4 is 11.3 Å². The molecule has 4 heteroatoms. The monoisotopic (exact) mass is 224 g/mol. The third-order valence-corrected chi connectivity index (χ3v) is 4.40. The van der Waals surface area contributed by atoms with E-state index >= 15 is 0 Å². The third kappa shape index (κ3) is 1.82. The van der Waals surface area contributed by atoms with E-state index in [1.807, 2.05) is 11.6 Å². The molecule has 2 aliphatic heterocycles. The fourth-order valence-corrected chi connectivity index (χ4v) is 3.52.